The van der Waals surface area contributed by atoms with E-state index in [1.165, 1.54) is 0 Å². The molecular weight excluding hydrogens is 174 g/mol. The van der Waals surface area contributed by atoms with E-state index in [4.69, 9.17) is 11.6 Å². The molecule has 2 nitrogen and oxygen atoms in total. The van der Waals surface area contributed by atoms with Gasteiger partial charge in [-0.15, -0.1) is 11.6 Å². The van der Waals surface area contributed by atoms with Crippen molar-refractivity contribution in [1.29, 1.82) is 0 Å². The maximum absolute atomic E-state index is 11.5. The van der Waals surface area contributed by atoms with Crippen LogP contribution in [0.5, 0.6) is 0 Å². The predicted molar refractivity (Wildman–Crippen MR) is 52.5 cm³/mol. The van der Waals surface area contributed by atoms with Gasteiger partial charge < -0.3 is 4.90 Å². The Kier molecular flexibility index (Phi) is 5.31. The van der Waals surface area contributed by atoms with Gasteiger partial charge in [-0.1, -0.05) is 6.92 Å². The van der Waals surface area contributed by atoms with Gasteiger partial charge in [0.25, 0.3) is 0 Å². The maximum atomic E-state index is 11.5. The first kappa shape index (κ1) is 11.8. The van der Waals surface area contributed by atoms with Crippen molar-refractivity contribution in [3.05, 3.63) is 0 Å². The normalized spacial score (nSPS) is 15.4. The van der Waals surface area contributed by atoms with Crippen molar-refractivity contribution in [2.45, 2.75) is 45.5 Å². The monoisotopic (exact) mass is 191 g/mol. The van der Waals surface area contributed by atoms with E-state index in [1.807, 2.05) is 18.7 Å². The average Bonchev–Trinajstić information content (AvgIpc) is 2.05. The minimum Gasteiger partial charge on any atom is -0.339 e. The summed E-state index contributed by atoms with van der Waals surface area (Å²) in [5, 5.41) is -0.404. The van der Waals surface area contributed by atoms with Crippen molar-refractivity contribution in [1.82, 2.24) is 4.90 Å². The van der Waals surface area contributed by atoms with Crippen molar-refractivity contribution in [3.63, 3.8) is 0 Å². The molecule has 2 unspecified atom stereocenters. The number of nitrogens with zero attached hydrogens (tertiary/aromatic N) is 1. The molecule has 0 saturated carbocycles. The summed E-state index contributed by atoms with van der Waals surface area (Å²) in [4.78, 5) is 13.3. The second-order valence-electron chi connectivity index (χ2n) is 3.00. The van der Waals surface area contributed by atoms with Gasteiger partial charge in [-0.05, 0) is 27.2 Å². The van der Waals surface area contributed by atoms with Gasteiger partial charge in [0.1, 0.15) is 5.38 Å². The second kappa shape index (κ2) is 5.41. The van der Waals surface area contributed by atoms with Crippen LogP contribution in [0.3, 0.4) is 0 Å². The van der Waals surface area contributed by atoms with E-state index in [1.54, 1.807) is 6.92 Å². The predicted octanol–water partition coefficient (Wildman–Crippen LogP) is 2.26. The van der Waals surface area contributed by atoms with E-state index in [-0.39, 0.29) is 5.91 Å². The van der Waals surface area contributed by atoms with Gasteiger partial charge in [-0.25, -0.2) is 0 Å². The first-order chi connectivity index (χ1) is 5.54. The molecule has 2 atom stereocenters. The molecule has 0 heterocycles. The highest BCUT2D eigenvalue weighted by atomic mass is 35.5. The fourth-order valence-corrected chi connectivity index (χ4v) is 1.26. The molecule has 12 heavy (non-hydrogen) atoms. The third kappa shape index (κ3) is 3.02. The molecule has 0 fully saturated rings. The van der Waals surface area contributed by atoms with Crippen LogP contribution in [-0.2, 0) is 4.79 Å². The molecule has 72 valence electrons. The van der Waals surface area contributed by atoms with Crippen LogP contribution in [0.4, 0.5) is 0 Å². The summed E-state index contributed by atoms with van der Waals surface area (Å²) in [5.41, 5.74) is 0. The van der Waals surface area contributed by atoms with Crippen LogP contribution in [0, 0.1) is 0 Å². The van der Waals surface area contributed by atoms with Crippen molar-refractivity contribution >= 4 is 17.5 Å². The lowest BCUT2D eigenvalue weighted by atomic mass is 10.2. The molecule has 0 radical (unpaired) electrons. The summed E-state index contributed by atoms with van der Waals surface area (Å²) in [6.07, 6.45) is 0.975. The molecule has 0 aromatic rings. The van der Waals surface area contributed by atoms with Crippen molar-refractivity contribution < 1.29 is 4.79 Å². The van der Waals surface area contributed by atoms with Crippen LogP contribution in [0.2, 0.25) is 0 Å². The van der Waals surface area contributed by atoms with Crippen LogP contribution in [0.25, 0.3) is 0 Å². The fourth-order valence-electron chi connectivity index (χ4n) is 1.13. The molecule has 0 aliphatic heterocycles. The minimum atomic E-state index is -0.404. The summed E-state index contributed by atoms with van der Waals surface area (Å²) in [5.74, 6) is 0.0357. The zero-order valence-corrected chi connectivity index (χ0v) is 9.06. The number of carbonyl (C=O) groups excluding carboxylic acids is 1. The zero-order chi connectivity index (χ0) is 9.72. The first-order valence-corrected chi connectivity index (χ1v) is 4.92. The molecule has 0 aliphatic rings. The van der Waals surface area contributed by atoms with E-state index in [9.17, 15) is 4.79 Å². The Hall–Kier alpha value is -0.240. The first-order valence-electron chi connectivity index (χ1n) is 4.49. The molecule has 0 saturated heterocycles. The number of alkyl halides is 1. The van der Waals surface area contributed by atoms with E-state index in [2.05, 4.69) is 6.92 Å². The highest BCUT2D eigenvalue weighted by Gasteiger charge is 2.20. The summed E-state index contributed by atoms with van der Waals surface area (Å²) >= 11 is 5.71. The molecule has 0 spiro atoms. The largest absolute Gasteiger partial charge is 0.339 e. The number of halogens is 1. The summed E-state index contributed by atoms with van der Waals surface area (Å²) < 4.78 is 0. The van der Waals surface area contributed by atoms with Crippen LogP contribution >= 0.6 is 11.6 Å². The van der Waals surface area contributed by atoms with E-state index in [0.717, 1.165) is 13.0 Å². The number of rotatable bonds is 4. The fraction of sp³-hybridized carbons (Fsp3) is 0.889. The Morgan fingerprint density at radius 2 is 1.92 bits per heavy atom. The van der Waals surface area contributed by atoms with Crippen LogP contribution < -0.4 is 0 Å². The standard InChI is InChI=1S/C9H18ClNO/c1-5-7(3)11(6-2)9(12)8(4)10/h7-8H,5-6H2,1-4H3. The minimum absolute atomic E-state index is 0.0357. The average molecular weight is 192 g/mol. The summed E-state index contributed by atoms with van der Waals surface area (Å²) in [6, 6.07) is 0.295. The summed E-state index contributed by atoms with van der Waals surface area (Å²) in [6.45, 7) is 8.54. The Morgan fingerprint density at radius 3 is 2.17 bits per heavy atom. The highest BCUT2D eigenvalue weighted by molar-refractivity contribution is 6.30. The number of carbonyl (C=O) groups is 1. The van der Waals surface area contributed by atoms with Gasteiger partial charge in [0.2, 0.25) is 5.91 Å². The van der Waals surface area contributed by atoms with Gasteiger partial charge in [0, 0.05) is 12.6 Å². The van der Waals surface area contributed by atoms with Crippen LogP contribution in [0.15, 0.2) is 0 Å². The van der Waals surface area contributed by atoms with Gasteiger partial charge in [-0.3, -0.25) is 4.79 Å². The number of hydrogen-bond acceptors (Lipinski definition) is 1. The highest BCUT2D eigenvalue weighted by Crippen LogP contribution is 2.08. The van der Waals surface area contributed by atoms with E-state index in [0.29, 0.717) is 6.04 Å². The molecular formula is C9H18ClNO. The Morgan fingerprint density at radius 1 is 1.42 bits per heavy atom. The molecule has 0 bridgehead atoms. The quantitative estimate of drug-likeness (QED) is 0.625. The molecule has 3 heteroatoms. The summed E-state index contributed by atoms with van der Waals surface area (Å²) in [7, 11) is 0. The molecule has 0 rings (SSSR count). The second-order valence-corrected chi connectivity index (χ2v) is 3.65. The van der Waals surface area contributed by atoms with Gasteiger partial charge >= 0.3 is 0 Å². The van der Waals surface area contributed by atoms with Crippen molar-refractivity contribution in [2.75, 3.05) is 6.54 Å². The Balaban J connectivity index is 4.24. The molecule has 0 N–H and O–H groups in total. The van der Waals surface area contributed by atoms with Crippen molar-refractivity contribution in [2.24, 2.45) is 0 Å². The topological polar surface area (TPSA) is 20.3 Å². The van der Waals surface area contributed by atoms with Gasteiger partial charge in [0.15, 0.2) is 0 Å². The zero-order valence-electron chi connectivity index (χ0n) is 8.30. The van der Waals surface area contributed by atoms with E-state index >= 15 is 0 Å². The Bertz CT molecular complexity index is 147. The smallest absolute Gasteiger partial charge is 0.240 e. The lowest BCUT2D eigenvalue weighted by Gasteiger charge is -2.28. The molecule has 0 aromatic heterocycles. The third-order valence-corrected chi connectivity index (χ3v) is 2.27. The van der Waals surface area contributed by atoms with Gasteiger partial charge in [-0.2, -0.15) is 0 Å². The third-order valence-electron chi connectivity index (χ3n) is 2.09. The number of hydrogen-bond donors (Lipinski definition) is 0. The molecule has 0 aliphatic carbocycles. The Labute approximate surface area is 79.9 Å². The lowest BCUT2D eigenvalue weighted by Crippen LogP contribution is -2.41. The van der Waals surface area contributed by atoms with Gasteiger partial charge in [0.05, 0.1) is 0 Å². The lowest BCUT2D eigenvalue weighted by molar-refractivity contribution is -0.132. The molecule has 0 aromatic carbocycles. The van der Waals surface area contributed by atoms with Crippen LogP contribution in [-0.4, -0.2) is 28.8 Å². The van der Waals surface area contributed by atoms with Crippen LogP contribution in [0.1, 0.15) is 34.1 Å². The van der Waals surface area contributed by atoms with Crippen molar-refractivity contribution in [3.8, 4) is 0 Å². The molecule has 1 amide bonds. The van der Waals surface area contributed by atoms with E-state index < -0.39 is 5.38 Å². The SMILES string of the molecule is CCC(C)N(CC)C(=O)C(C)Cl. The maximum Gasteiger partial charge on any atom is 0.240 e. The number of amides is 1.